The Morgan fingerprint density at radius 3 is 2.59 bits per heavy atom. The largest absolute Gasteiger partial charge is 0.477 e. The summed E-state index contributed by atoms with van der Waals surface area (Å²) < 4.78 is 15.9. The van der Waals surface area contributed by atoms with Gasteiger partial charge in [-0.3, -0.25) is 4.79 Å². The Bertz CT molecular complexity index is 789. The van der Waals surface area contributed by atoms with E-state index in [-0.39, 0.29) is 5.91 Å². The van der Waals surface area contributed by atoms with Crippen LogP contribution in [0.5, 0.6) is 5.88 Å². The third-order valence-electron chi connectivity index (χ3n) is 4.88. The van der Waals surface area contributed by atoms with Gasteiger partial charge in [-0.2, -0.15) is 0 Å². The zero-order valence-corrected chi connectivity index (χ0v) is 16.5. The van der Waals surface area contributed by atoms with Crippen LogP contribution in [0.2, 0.25) is 0 Å². The van der Waals surface area contributed by atoms with Gasteiger partial charge in [0.25, 0.3) is 5.91 Å². The van der Waals surface area contributed by atoms with E-state index in [0.29, 0.717) is 30.4 Å². The standard InChI is InChI=1S/C22H26N2O5/c1-27-22(26)19(13-16-5-3-2-4-6-16)24-21(25)18-7-8-20(23-14-18)29-15-17-9-11-28-12-10-17/h2-8,14,17,19H,9-13,15H2,1H3,(H,24,25)/t19-/m1/s1. The maximum Gasteiger partial charge on any atom is 0.328 e. The number of esters is 1. The summed E-state index contributed by atoms with van der Waals surface area (Å²) in [7, 11) is 1.30. The van der Waals surface area contributed by atoms with Gasteiger partial charge in [0, 0.05) is 31.9 Å². The van der Waals surface area contributed by atoms with E-state index in [2.05, 4.69) is 10.3 Å². The fourth-order valence-corrected chi connectivity index (χ4v) is 3.14. The Morgan fingerprint density at radius 1 is 1.17 bits per heavy atom. The summed E-state index contributed by atoms with van der Waals surface area (Å²) in [6.45, 7) is 2.12. The second-order valence-corrected chi connectivity index (χ2v) is 6.99. The highest BCUT2D eigenvalue weighted by atomic mass is 16.5. The van der Waals surface area contributed by atoms with Gasteiger partial charge in [0.1, 0.15) is 6.04 Å². The Kier molecular flexibility index (Phi) is 7.58. The summed E-state index contributed by atoms with van der Waals surface area (Å²) in [5.41, 5.74) is 1.28. The molecule has 1 aliphatic heterocycles. The lowest BCUT2D eigenvalue weighted by Gasteiger charge is -2.21. The third kappa shape index (κ3) is 6.29. The molecule has 1 N–H and O–H groups in total. The topological polar surface area (TPSA) is 86.8 Å². The summed E-state index contributed by atoms with van der Waals surface area (Å²) in [5.74, 6) is 0.0561. The van der Waals surface area contributed by atoms with Crippen molar-refractivity contribution < 1.29 is 23.8 Å². The van der Waals surface area contributed by atoms with Gasteiger partial charge in [0.05, 0.1) is 19.3 Å². The smallest absolute Gasteiger partial charge is 0.328 e. The van der Waals surface area contributed by atoms with Gasteiger partial charge in [-0.15, -0.1) is 0 Å². The highest BCUT2D eigenvalue weighted by Crippen LogP contribution is 2.17. The molecule has 1 amide bonds. The Balaban J connectivity index is 1.56. The van der Waals surface area contributed by atoms with Crippen LogP contribution in [0, 0.1) is 5.92 Å². The van der Waals surface area contributed by atoms with E-state index in [0.717, 1.165) is 31.6 Å². The fourth-order valence-electron chi connectivity index (χ4n) is 3.14. The molecule has 7 heteroatoms. The molecule has 0 unspecified atom stereocenters. The molecule has 1 aromatic carbocycles. The van der Waals surface area contributed by atoms with Crippen molar-refractivity contribution in [1.29, 1.82) is 0 Å². The van der Waals surface area contributed by atoms with E-state index >= 15 is 0 Å². The van der Waals surface area contributed by atoms with Crippen LogP contribution >= 0.6 is 0 Å². The molecule has 0 bridgehead atoms. The summed E-state index contributed by atoms with van der Waals surface area (Å²) >= 11 is 0. The molecule has 1 atom stereocenters. The minimum absolute atomic E-state index is 0.346. The summed E-state index contributed by atoms with van der Waals surface area (Å²) in [6, 6.07) is 12.0. The molecular formula is C22H26N2O5. The maximum atomic E-state index is 12.6. The number of methoxy groups -OCH3 is 1. The number of rotatable bonds is 8. The van der Waals surface area contributed by atoms with E-state index in [9.17, 15) is 9.59 Å². The highest BCUT2D eigenvalue weighted by Gasteiger charge is 2.23. The molecule has 0 aliphatic carbocycles. The molecule has 3 rings (SSSR count). The van der Waals surface area contributed by atoms with Crippen molar-refractivity contribution >= 4 is 11.9 Å². The van der Waals surface area contributed by atoms with Crippen molar-refractivity contribution in [3.63, 3.8) is 0 Å². The second-order valence-electron chi connectivity index (χ2n) is 6.99. The van der Waals surface area contributed by atoms with Crippen LogP contribution in [-0.4, -0.2) is 49.8 Å². The number of amides is 1. The minimum atomic E-state index is -0.778. The fraction of sp³-hybridized carbons (Fsp3) is 0.409. The normalized spacial score (nSPS) is 15.3. The summed E-state index contributed by atoms with van der Waals surface area (Å²) in [5, 5.41) is 2.73. The van der Waals surface area contributed by atoms with Crippen molar-refractivity contribution in [3.8, 4) is 5.88 Å². The van der Waals surface area contributed by atoms with Gasteiger partial charge in [0.2, 0.25) is 5.88 Å². The van der Waals surface area contributed by atoms with Gasteiger partial charge < -0.3 is 19.5 Å². The number of carbonyl (C=O) groups excluding carboxylic acids is 2. The maximum absolute atomic E-state index is 12.6. The van der Waals surface area contributed by atoms with Crippen LogP contribution in [0.1, 0.15) is 28.8 Å². The van der Waals surface area contributed by atoms with Crippen LogP contribution in [-0.2, 0) is 20.7 Å². The first-order chi connectivity index (χ1) is 14.2. The summed E-state index contributed by atoms with van der Waals surface area (Å²) in [4.78, 5) is 28.9. The van der Waals surface area contributed by atoms with Crippen LogP contribution in [0.25, 0.3) is 0 Å². The van der Waals surface area contributed by atoms with E-state index in [1.807, 2.05) is 30.3 Å². The van der Waals surface area contributed by atoms with E-state index < -0.39 is 12.0 Å². The van der Waals surface area contributed by atoms with Crippen LogP contribution in [0.4, 0.5) is 0 Å². The molecule has 2 aromatic rings. The van der Waals surface area contributed by atoms with Crippen molar-refractivity contribution in [2.24, 2.45) is 5.92 Å². The zero-order chi connectivity index (χ0) is 20.5. The van der Waals surface area contributed by atoms with Crippen LogP contribution < -0.4 is 10.1 Å². The number of hydrogen-bond donors (Lipinski definition) is 1. The molecule has 7 nitrogen and oxygen atoms in total. The average molecular weight is 398 g/mol. The van der Waals surface area contributed by atoms with E-state index in [1.165, 1.54) is 13.3 Å². The van der Waals surface area contributed by atoms with Crippen molar-refractivity contribution in [1.82, 2.24) is 10.3 Å². The first kappa shape index (κ1) is 20.8. The molecule has 29 heavy (non-hydrogen) atoms. The number of aromatic nitrogens is 1. The number of pyridine rings is 1. The molecule has 1 aliphatic rings. The molecule has 1 fully saturated rings. The molecule has 154 valence electrons. The van der Waals surface area contributed by atoms with E-state index in [4.69, 9.17) is 14.2 Å². The molecule has 0 saturated carbocycles. The lowest BCUT2D eigenvalue weighted by Crippen LogP contribution is -2.43. The van der Waals surface area contributed by atoms with Crippen molar-refractivity contribution in [2.75, 3.05) is 26.9 Å². The van der Waals surface area contributed by atoms with E-state index in [1.54, 1.807) is 12.1 Å². The molecule has 1 aromatic heterocycles. The average Bonchev–Trinajstić information content (AvgIpc) is 2.78. The number of nitrogens with zero attached hydrogens (tertiary/aromatic N) is 1. The first-order valence-electron chi connectivity index (χ1n) is 9.75. The number of ether oxygens (including phenoxy) is 3. The first-order valence-corrected chi connectivity index (χ1v) is 9.75. The lowest BCUT2D eigenvalue weighted by atomic mass is 10.0. The number of nitrogens with one attached hydrogen (secondary N) is 1. The van der Waals surface area contributed by atoms with Gasteiger partial charge in [-0.05, 0) is 30.4 Å². The van der Waals surface area contributed by atoms with Crippen molar-refractivity contribution in [3.05, 3.63) is 59.8 Å². The monoisotopic (exact) mass is 398 g/mol. The van der Waals surface area contributed by atoms with Gasteiger partial charge in [-0.1, -0.05) is 30.3 Å². The quantitative estimate of drug-likeness (QED) is 0.687. The summed E-state index contributed by atoms with van der Waals surface area (Å²) in [6.07, 6.45) is 3.76. The number of hydrogen-bond acceptors (Lipinski definition) is 6. The van der Waals surface area contributed by atoms with Gasteiger partial charge in [0.15, 0.2) is 0 Å². The second kappa shape index (κ2) is 10.6. The lowest BCUT2D eigenvalue weighted by molar-refractivity contribution is -0.142. The predicted molar refractivity (Wildman–Crippen MR) is 107 cm³/mol. The number of carbonyl (C=O) groups is 2. The van der Waals surface area contributed by atoms with Crippen LogP contribution in [0.3, 0.4) is 0 Å². The Labute approximate surface area is 170 Å². The molecule has 0 radical (unpaired) electrons. The third-order valence-corrected chi connectivity index (χ3v) is 4.88. The highest BCUT2D eigenvalue weighted by molar-refractivity contribution is 5.96. The van der Waals surface area contributed by atoms with Gasteiger partial charge >= 0.3 is 5.97 Å². The molecule has 2 heterocycles. The van der Waals surface area contributed by atoms with Crippen molar-refractivity contribution in [2.45, 2.75) is 25.3 Å². The molecule has 1 saturated heterocycles. The predicted octanol–water partition coefficient (Wildman–Crippen LogP) is 2.40. The minimum Gasteiger partial charge on any atom is -0.477 e. The molecule has 0 spiro atoms. The molecular weight excluding hydrogens is 372 g/mol. The Morgan fingerprint density at radius 2 is 1.93 bits per heavy atom. The Hall–Kier alpha value is -2.93. The van der Waals surface area contributed by atoms with Gasteiger partial charge in [-0.25, -0.2) is 9.78 Å². The SMILES string of the molecule is COC(=O)[C@@H](Cc1ccccc1)NC(=O)c1ccc(OCC2CCOCC2)nc1. The number of benzene rings is 1. The zero-order valence-electron chi connectivity index (χ0n) is 16.5. The van der Waals surface area contributed by atoms with Crippen LogP contribution in [0.15, 0.2) is 48.7 Å².